The topological polar surface area (TPSA) is 94.2 Å². The van der Waals surface area contributed by atoms with Crippen molar-refractivity contribution in [3.05, 3.63) is 11.8 Å². The minimum Gasteiger partial charge on any atom is -0.365 e. The molecule has 1 aromatic rings. The fraction of sp³-hybridized carbons (Fsp3) is 0.643. The molecular weight excluding hydrogens is 282 g/mol. The van der Waals surface area contributed by atoms with Crippen molar-refractivity contribution in [3.8, 4) is 0 Å². The highest BCUT2D eigenvalue weighted by molar-refractivity contribution is 5.93. The molecular formula is C14H23N7O. The van der Waals surface area contributed by atoms with E-state index >= 15 is 0 Å². The van der Waals surface area contributed by atoms with Crippen molar-refractivity contribution in [1.29, 1.82) is 0 Å². The maximum absolute atomic E-state index is 12.1. The molecule has 2 fully saturated rings. The number of amides is 1. The third-order valence-electron chi connectivity index (χ3n) is 3.82. The van der Waals surface area contributed by atoms with Gasteiger partial charge in [-0.05, 0) is 6.92 Å². The molecule has 2 saturated heterocycles. The Morgan fingerprint density at radius 3 is 2.73 bits per heavy atom. The first-order valence-corrected chi connectivity index (χ1v) is 7.86. The van der Waals surface area contributed by atoms with Gasteiger partial charge < -0.3 is 26.2 Å². The van der Waals surface area contributed by atoms with Crippen LogP contribution in [0.25, 0.3) is 0 Å². The summed E-state index contributed by atoms with van der Waals surface area (Å²) in [5.74, 6) is 1.19. The van der Waals surface area contributed by atoms with Crippen molar-refractivity contribution in [3.63, 3.8) is 0 Å². The molecule has 0 radical (unpaired) electrons. The Balaban J connectivity index is 1.84. The maximum atomic E-state index is 12.1. The van der Waals surface area contributed by atoms with Gasteiger partial charge in [-0.1, -0.05) is 0 Å². The molecule has 0 aliphatic carbocycles. The van der Waals surface area contributed by atoms with Crippen LogP contribution < -0.4 is 26.2 Å². The fourth-order valence-corrected chi connectivity index (χ4v) is 2.48. The van der Waals surface area contributed by atoms with E-state index < -0.39 is 0 Å². The van der Waals surface area contributed by atoms with E-state index in [-0.39, 0.29) is 5.91 Å². The molecule has 0 bridgehead atoms. The number of carbonyl (C=O) groups excluding carboxylic acids is 1. The van der Waals surface area contributed by atoms with Gasteiger partial charge in [0, 0.05) is 51.9 Å². The number of nitrogens with zero attached hydrogens (tertiary/aromatic N) is 3. The number of hydrogen-bond donors (Lipinski definition) is 4. The van der Waals surface area contributed by atoms with Crippen molar-refractivity contribution in [2.24, 2.45) is 0 Å². The molecule has 0 spiro atoms. The summed E-state index contributed by atoms with van der Waals surface area (Å²) in [5, 5.41) is 12.7. The van der Waals surface area contributed by atoms with Gasteiger partial charge in [0.25, 0.3) is 5.91 Å². The third-order valence-corrected chi connectivity index (χ3v) is 3.82. The molecule has 8 nitrogen and oxygen atoms in total. The molecule has 2 aliphatic heterocycles. The molecule has 0 aromatic carbocycles. The van der Waals surface area contributed by atoms with E-state index in [0.29, 0.717) is 24.2 Å². The number of rotatable bonds is 5. The summed E-state index contributed by atoms with van der Waals surface area (Å²) < 4.78 is 0. The summed E-state index contributed by atoms with van der Waals surface area (Å²) in [6.45, 7) is 7.84. The molecule has 0 saturated carbocycles. The lowest BCUT2D eigenvalue weighted by atomic mass is 10.2. The van der Waals surface area contributed by atoms with Crippen molar-refractivity contribution in [2.75, 3.05) is 56.0 Å². The monoisotopic (exact) mass is 305 g/mol. The average molecular weight is 305 g/mol. The molecule has 3 heterocycles. The van der Waals surface area contributed by atoms with Gasteiger partial charge in [-0.3, -0.25) is 4.79 Å². The Labute approximate surface area is 130 Å². The highest BCUT2D eigenvalue weighted by atomic mass is 16.1. The molecule has 3 rings (SSSR count). The number of piperazine rings is 1. The van der Waals surface area contributed by atoms with Gasteiger partial charge in [-0.2, -0.15) is 4.98 Å². The molecule has 22 heavy (non-hydrogen) atoms. The quantitative estimate of drug-likeness (QED) is 0.555. The Morgan fingerprint density at radius 2 is 2.09 bits per heavy atom. The summed E-state index contributed by atoms with van der Waals surface area (Å²) in [5.41, 5.74) is 0.417. The van der Waals surface area contributed by atoms with Gasteiger partial charge in [0.1, 0.15) is 11.5 Å². The van der Waals surface area contributed by atoms with Gasteiger partial charge in [0.2, 0.25) is 5.95 Å². The van der Waals surface area contributed by atoms with Gasteiger partial charge in [0.15, 0.2) is 0 Å². The first kappa shape index (κ1) is 15.0. The summed E-state index contributed by atoms with van der Waals surface area (Å²) in [4.78, 5) is 23.3. The average Bonchev–Trinajstić information content (AvgIpc) is 2.52. The first-order chi connectivity index (χ1) is 10.8. The zero-order valence-corrected chi connectivity index (χ0v) is 12.9. The van der Waals surface area contributed by atoms with Gasteiger partial charge in [0.05, 0.1) is 6.04 Å². The molecule has 1 aromatic heterocycles. The fourth-order valence-electron chi connectivity index (χ4n) is 2.48. The SMILES string of the molecule is CCNC(=O)c1cc(NC2CNC2)nc(N2CCNCC2)n1. The van der Waals surface area contributed by atoms with Crippen LogP contribution in [0.15, 0.2) is 6.07 Å². The first-order valence-electron chi connectivity index (χ1n) is 7.86. The van der Waals surface area contributed by atoms with Crippen LogP contribution in [0.1, 0.15) is 17.4 Å². The minimum absolute atomic E-state index is 0.156. The lowest BCUT2D eigenvalue weighted by Gasteiger charge is -2.30. The van der Waals surface area contributed by atoms with Gasteiger partial charge in [-0.15, -0.1) is 0 Å². The van der Waals surface area contributed by atoms with Gasteiger partial charge >= 0.3 is 0 Å². The second-order valence-corrected chi connectivity index (χ2v) is 5.53. The van der Waals surface area contributed by atoms with E-state index in [1.54, 1.807) is 6.07 Å². The number of nitrogens with one attached hydrogen (secondary N) is 4. The molecule has 2 aliphatic rings. The van der Waals surface area contributed by atoms with E-state index in [1.165, 1.54) is 0 Å². The van der Waals surface area contributed by atoms with E-state index in [4.69, 9.17) is 0 Å². The van der Waals surface area contributed by atoms with E-state index in [1.807, 2.05) is 6.92 Å². The van der Waals surface area contributed by atoms with Crippen molar-refractivity contribution in [2.45, 2.75) is 13.0 Å². The van der Waals surface area contributed by atoms with Gasteiger partial charge in [-0.25, -0.2) is 4.98 Å². The highest BCUT2D eigenvalue weighted by Crippen LogP contribution is 2.16. The second kappa shape index (κ2) is 6.89. The van der Waals surface area contributed by atoms with Crippen molar-refractivity contribution in [1.82, 2.24) is 25.9 Å². The zero-order chi connectivity index (χ0) is 15.4. The lowest BCUT2D eigenvalue weighted by molar-refractivity contribution is 0.0951. The largest absolute Gasteiger partial charge is 0.365 e. The maximum Gasteiger partial charge on any atom is 0.270 e. The Kier molecular flexibility index (Phi) is 4.69. The third kappa shape index (κ3) is 3.45. The van der Waals surface area contributed by atoms with Crippen molar-refractivity contribution >= 4 is 17.7 Å². The van der Waals surface area contributed by atoms with Crippen LogP contribution in [0.3, 0.4) is 0 Å². The number of carbonyl (C=O) groups is 1. The molecule has 120 valence electrons. The molecule has 4 N–H and O–H groups in total. The number of aromatic nitrogens is 2. The number of hydrogen-bond acceptors (Lipinski definition) is 7. The van der Waals surface area contributed by atoms with E-state index in [9.17, 15) is 4.79 Å². The van der Waals surface area contributed by atoms with Crippen molar-refractivity contribution < 1.29 is 4.79 Å². The predicted octanol–water partition coefficient (Wildman–Crippen LogP) is -0.980. The minimum atomic E-state index is -0.156. The van der Waals surface area contributed by atoms with Crippen LogP contribution >= 0.6 is 0 Å². The van der Waals surface area contributed by atoms with Crippen LogP contribution in [-0.2, 0) is 0 Å². The summed E-state index contributed by atoms with van der Waals surface area (Å²) in [6.07, 6.45) is 0. The zero-order valence-electron chi connectivity index (χ0n) is 12.9. The second-order valence-electron chi connectivity index (χ2n) is 5.53. The van der Waals surface area contributed by atoms with E-state index in [2.05, 4.69) is 36.1 Å². The predicted molar refractivity (Wildman–Crippen MR) is 85.4 cm³/mol. The molecule has 0 unspecified atom stereocenters. The smallest absolute Gasteiger partial charge is 0.270 e. The number of anilines is 2. The summed E-state index contributed by atoms with van der Waals surface area (Å²) >= 11 is 0. The standard InChI is InChI=1S/C14H23N7O/c1-2-17-13(22)11-7-12(18-10-8-16-9-10)20-14(19-11)21-5-3-15-4-6-21/h7,10,15-16H,2-6,8-9H2,1H3,(H,17,22)(H,18,19,20). The highest BCUT2D eigenvalue weighted by Gasteiger charge is 2.21. The molecule has 0 atom stereocenters. The Hall–Kier alpha value is -1.93. The lowest BCUT2D eigenvalue weighted by Crippen LogP contribution is -2.51. The normalized spacial score (nSPS) is 18.7. The van der Waals surface area contributed by atoms with Crippen LogP contribution in [0.4, 0.5) is 11.8 Å². The van der Waals surface area contributed by atoms with Crippen LogP contribution in [0.5, 0.6) is 0 Å². The molecule has 8 heteroatoms. The van der Waals surface area contributed by atoms with E-state index in [0.717, 1.165) is 45.1 Å². The Bertz CT molecular complexity index is 526. The van der Waals surface area contributed by atoms with Crippen LogP contribution in [-0.4, -0.2) is 67.7 Å². The summed E-state index contributed by atoms with van der Waals surface area (Å²) in [6, 6.07) is 2.10. The van der Waals surface area contributed by atoms with Crippen LogP contribution in [0.2, 0.25) is 0 Å². The Morgan fingerprint density at radius 1 is 1.32 bits per heavy atom. The summed E-state index contributed by atoms with van der Waals surface area (Å²) in [7, 11) is 0. The molecule has 1 amide bonds. The van der Waals surface area contributed by atoms with Crippen LogP contribution in [0, 0.1) is 0 Å².